The lowest BCUT2D eigenvalue weighted by atomic mass is 9.72. The molecule has 4 N–H and O–H groups in total. The van der Waals surface area contributed by atoms with E-state index in [0.717, 1.165) is 9.80 Å². The van der Waals surface area contributed by atoms with Gasteiger partial charge in [0, 0.05) is 32.6 Å². The first-order valence-corrected chi connectivity index (χ1v) is 11.2. The Labute approximate surface area is 200 Å². The van der Waals surface area contributed by atoms with E-state index in [4.69, 9.17) is 4.65 Å². The van der Waals surface area contributed by atoms with Crippen LogP contribution in [0.1, 0.15) is 29.3 Å². The standard InChI is InChI=1S/C21H25BN4O9/c1-2-24-6-7-25(19(30)18(24)29)21(33)26-10-12(27)9-14(26)17(28)23-15-8-11-4-3-5-13(20(31)32)16(11)35-22(15)34/h3-5,12,14-15,27,34H,2,6-10H2,1H3,(H,23,28)(H,31,32)/t12-,14-,15+/m1/s1. The van der Waals surface area contributed by atoms with Crippen molar-refractivity contribution >= 4 is 36.8 Å². The van der Waals surface area contributed by atoms with Gasteiger partial charge in [-0.1, -0.05) is 12.1 Å². The molecule has 3 atom stereocenters. The first-order valence-electron chi connectivity index (χ1n) is 11.2. The Hall–Kier alpha value is -3.65. The number of hydrogen-bond donors (Lipinski definition) is 4. The fourth-order valence-corrected chi connectivity index (χ4v) is 4.58. The summed E-state index contributed by atoms with van der Waals surface area (Å²) < 4.78 is 5.37. The van der Waals surface area contributed by atoms with Gasteiger partial charge < -0.3 is 35.0 Å². The number of nitrogens with one attached hydrogen (secondary N) is 1. The summed E-state index contributed by atoms with van der Waals surface area (Å²) in [5.74, 6) is -4.66. The predicted molar refractivity (Wildman–Crippen MR) is 118 cm³/mol. The van der Waals surface area contributed by atoms with E-state index in [1.807, 2.05) is 0 Å². The third kappa shape index (κ3) is 4.54. The number of hydrogen-bond acceptors (Lipinski definition) is 8. The van der Waals surface area contributed by atoms with Crippen LogP contribution < -0.4 is 9.97 Å². The molecule has 0 radical (unpaired) electrons. The number of benzene rings is 1. The second kappa shape index (κ2) is 9.54. The van der Waals surface area contributed by atoms with Crippen LogP contribution in [0.4, 0.5) is 4.79 Å². The van der Waals surface area contributed by atoms with Crippen molar-refractivity contribution < 1.29 is 43.9 Å². The van der Waals surface area contributed by atoms with Crippen molar-refractivity contribution in [2.24, 2.45) is 0 Å². The van der Waals surface area contributed by atoms with Crippen LogP contribution in [-0.2, 0) is 20.8 Å². The summed E-state index contributed by atoms with van der Waals surface area (Å²) in [5.41, 5.74) is 0.349. The van der Waals surface area contributed by atoms with Gasteiger partial charge in [-0.3, -0.25) is 19.3 Å². The fourth-order valence-electron chi connectivity index (χ4n) is 4.58. The van der Waals surface area contributed by atoms with Crippen LogP contribution in [0, 0.1) is 0 Å². The van der Waals surface area contributed by atoms with E-state index in [1.54, 1.807) is 13.0 Å². The molecule has 2 fully saturated rings. The fraction of sp³-hybridized carbons (Fsp3) is 0.476. The first kappa shape index (κ1) is 24.5. The van der Waals surface area contributed by atoms with Crippen LogP contribution in [-0.4, -0.2) is 111 Å². The molecule has 1 aromatic carbocycles. The van der Waals surface area contributed by atoms with E-state index in [-0.39, 0.29) is 43.8 Å². The van der Waals surface area contributed by atoms with Crippen molar-refractivity contribution in [3.05, 3.63) is 29.3 Å². The van der Waals surface area contributed by atoms with E-state index in [9.17, 15) is 39.2 Å². The number of amides is 5. The Morgan fingerprint density at radius 3 is 2.63 bits per heavy atom. The number of likely N-dealkylation sites (N-methyl/N-ethyl adjacent to an activating group) is 1. The zero-order valence-corrected chi connectivity index (χ0v) is 18.9. The minimum absolute atomic E-state index is 0.0143. The predicted octanol–water partition coefficient (Wildman–Crippen LogP) is -1.93. The molecule has 5 amide bonds. The number of aliphatic hydroxyl groups is 1. The Morgan fingerprint density at radius 1 is 1.20 bits per heavy atom. The second-order valence-electron chi connectivity index (χ2n) is 8.61. The van der Waals surface area contributed by atoms with E-state index >= 15 is 0 Å². The lowest BCUT2D eigenvalue weighted by Gasteiger charge is -2.35. The molecule has 0 unspecified atom stereocenters. The van der Waals surface area contributed by atoms with Crippen LogP contribution >= 0.6 is 0 Å². The van der Waals surface area contributed by atoms with Gasteiger partial charge in [-0.05, 0) is 25.0 Å². The number of piperazine rings is 1. The number of β-amino-alcohol motifs (C(OH)–C–C–N with tert-alkyl or cyclic N) is 1. The third-order valence-corrected chi connectivity index (χ3v) is 6.43. The van der Waals surface area contributed by atoms with Gasteiger partial charge in [0.1, 0.15) is 11.8 Å². The molecule has 0 spiro atoms. The molecule has 2 saturated heterocycles. The Balaban J connectivity index is 1.47. The maximum absolute atomic E-state index is 13.1. The molecule has 13 nitrogen and oxygen atoms in total. The van der Waals surface area contributed by atoms with Gasteiger partial charge in [-0.2, -0.15) is 0 Å². The number of urea groups is 1. The van der Waals surface area contributed by atoms with Gasteiger partial charge in [0.25, 0.3) is 0 Å². The number of rotatable bonds is 4. The molecule has 3 aliphatic rings. The largest absolute Gasteiger partial charge is 0.547 e. The number of nitrogens with zero attached hydrogens (tertiary/aromatic N) is 3. The topological polar surface area (TPSA) is 177 Å². The highest BCUT2D eigenvalue weighted by Crippen LogP contribution is 2.30. The summed E-state index contributed by atoms with van der Waals surface area (Å²) in [4.78, 5) is 65.3. The minimum Gasteiger partial charge on any atom is -0.534 e. The number of aromatic carboxylic acids is 1. The highest BCUT2D eigenvalue weighted by molar-refractivity contribution is 6.47. The number of carboxylic acid groups (broad SMARTS) is 1. The number of imide groups is 1. The van der Waals surface area contributed by atoms with Crippen LogP contribution in [0.25, 0.3) is 0 Å². The first-order chi connectivity index (χ1) is 16.6. The van der Waals surface area contributed by atoms with Crippen molar-refractivity contribution in [1.82, 2.24) is 20.0 Å². The van der Waals surface area contributed by atoms with Gasteiger partial charge in [0.05, 0.1) is 17.6 Å². The zero-order chi connectivity index (χ0) is 25.4. The lowest BCUT2D eigenvalue weighted by molar-refractivity contribution is -0.154. The second-order valence-corrected chi connectivity index (χ2v) is 8.61. The molecular formula is C21H25BN4O9. The van der Waals surface area contributed by atoms with Gasteiger partial charge >= 0.3 is 30.9 Å². The average Bonchev–Trinajstić information content (AvgIpc) is 3.22. The van der Waals surface area contributed by atoms with Crippen molar-refractivity contribution in [2.45, 2.75) is 37.9 Å². The maximum Gasteiger partial charge on any atom is 0.547 e. The van der Waals surface area contributed by atoms with Gasteiger partial charge in [-0.25, -0.2) is 9.59 Å². The van der Waals surface area contributed by atoms with Gasteiger partial charge in [0.15, 0.2) is 0 Å². The molecule has 4 rings (SSSR count). The van der Waals surface area contributed by atoms with Crippen LogP contribution in [0.2, 0.25) is 0 Å². The van der Waals surface area contributed by atoms with Crippen LogP contribution in [0.15, 0.2) is 18.2 Å². The molecule has 14 heteroatoms. The molecular weight excluding hydrogens is 463 g/mol. The highest BCUT2D eigenvalue weighted by atomic mass is 16.5. The van der Waals surface area contributed by atoms with Gasteiger partial charge in [0.2, 0.25) is 5.91 Å². The lowest BCUT2D eigenvalue weighted by Crippen LogP contribution is -2.61. The Morgan fingerprint density at radius 2 is 1.94 bits per heavy atom. The number of aliphatic hydroxyl groups excluding tert-OH is 1. The zero-order valence-electron chi connectivity index (χ0n) is 18.9. The normalized spacial score (nSPS) is 24.3. The number of carbonyl (C=O) groups is 5. The van der Waals surface area contributed by atoms with Crippen molar-refractivity contribution in [3.8, 4) is 5.75 Å². The average molecular weight is 488 g/mol. The van der Waals surface area contributed by atoms with Crippen molar-refractivity contribution in [3.63, 3.8) is 0 Å². The van der Waals surface area contributed by atoms with Crippen LogP contribution in [0.5, 0.6) is 5.75 Å². The molecule has 0 aromatic heterocycles. The Kier molecular flexibility index (Phi) is 6.67. The summed E-state index contributed by atoms with van der Waals surface area (Å²) in [6, 6.07) is 2.46. The minimum atomic E-state index is -1.55. The highest BCUT2D eigenvalue weighted by Gasteiger charge is 2.46. The summed E-state index contributed by atoms with van der Waals surface area (Å²) in [6.07, 6.45) is -1.06. The Bertz CT molecular complexity index is 1080. The molecule has 3 heterocycles. The number of carbonyl (C=O) groups excluding carboxylic acids is 4. The number of fused-ring (bicyclic) bond motifs is 1. The van der Waals surface area contributed by atoms with Crippen LogP contribution in [0.3, 0.4) is 0 Å². The molecule has 186 valence electrons. The third-order valence-electron chi connectivity index (χ3n) is 6.43. The number of para-hydroxylation sites is 1. The van der Waals surface area contributed by atoms with Gasteiger partial charge in [-0.15, -0.1) is 0 Å². The molecule has 0 aliphatic carbocycles. The molecule has 0 bridgehead atoms. The SMILES string of the molecule is CCN1CCN(C(=O)N2C[C@H](O)C[C@@H]2C(=O)N[C@H]2Cc3cccc(C(=O)O)c3OB2O)C(=O)C1=O. The summed E-state index contributed by atoms with van der Waals surface area (Å²) >= 11 is 0. The maximum atomic E-state index is 13.1. The molecule has 0 saturated carbocycles. The monoisotopic (exact) mass is 488 g/mol. The summed E-state index contributed by atoms with van der Waals surface area (Å²) in [5, 5.41) is 32.5. The summed E-state index contributed by atoms with van der Waals surface area (Å²) in [7, 11) is -1.55. The quantitative estimate of drug-likeness (QED) is 0.278. The molecule has 3 aliphatic heterocycles. The van der Waals surface area contributed by atoms with Crippen molar-refractivity contribution in [1.29, 1.82) is 0 Å². The summed E-state index contributed by atoms with van der Waals surface area (Å²) in [6.45, 7) is 1.97. The van der Waals surface area contributed by atoms with E-state index in [2.05, 4.69) is 5.32 Å². The molecule has 1 aromatic rings. The number of likely N-dealkylation sites (tertiary alicyclic amines) is 1. The molecule has 35 heavy (non-hydrogen) atoms. The smallest absolute Gasteiger partial charge is 0.534 e. The van der Waals surface area contributed by atoms with E-state index < -0.39 is 54.9 Å². The van der Waals surface area contributed by atoms with E-state index in [0.29, 0.717) is 12.1 Å². The van der Waals surface area contributed by atoms with Crippen molar-refractivity contribution in [2.75, 3.05) is 26.2 Å². The number of carboxylic acids is 1. The van der Waals surface area contributed by atoms with E-state index in [1.165, 1.54) is 17.0 Å².